The molecular formula is C16H8BrF2NO2. The monoisotopic (exact) mass is 363 g/mol. The standard InChI is InChI=1S/C16H8BrF2NO2/c17-9-1-3-12-15(5-9)20(11(8-21)7-16(12)22)14-4-2-10(18)6-13(14)19/h1-8H. The molecule has 6 heteroatoms. The molecule has 0 N–H and O–H groups in total. The van der Waals surface area contributed by atoms with Gasteiger partial charge in [0.2, 0.25) is 0 Å². The quantitative estimate of drug-likeness (QED) is 0.648. The molecule has 0 aliphatic rings. The number of hydrogen-bond donors (Lipinski definition) is 0. The van der Waals surface area contributed by atoms with Crippen molar-refractivity contribution in [1.82, 2.24) is 4.57 Å². The number of fused-ring (bicyclic) bond motifs is 1. The van der Waals surface area contributed by atoms with Crippen LogP contribution in [0.3, 0.4) is 0 Å². The maximum atomic E-state index is 14.1. The van der Waals surface area contributed by atoms with Crippen LogP contribution in [0.5, 0.6) is 0 Å². The van der Waals surface area contributed by atoms with Crippen molar-refractivity contribution in [1.29, 1.82) is 0 Å². The van der Waals surface area contributed by atoms with Crippen molar-refractivity contribution in [2.45, 2.75) is 0 Å². The zero-order valence-electron chi connectivity index (χ0n) is 11.0. The molecule has 1 heterocycles. The highest BCUT2D eigenvalue weighted by Gasteiger charge is 2.14. The number of aromatic nitrogens is 1. The number of benzene rings is 2. The first-order valence-corrected chi connectivity index (χ1v) is 7.06. The van der Waals surface area contributed by atoms with Crippen molar-refractivity contribution in [2.24, 2.45) is 0 Å². The lowest BCUT2D eigenvalue weighted by molar-refractivity contribution is 0.111. The summed E-state index contributed by atoms with van der Waals surface area (Å²) in [7, 11) is 0. The third-order valence-electron chi connectivity index (χ3n) is 3.27. The number of nitrogens with zero attached hydrogens (tertiary/aromatic N) is 1. The van der Waals surface area contributed by atoms with Crippen LogP contribution in [0.1, 0.15) is 10.5 Å². The molecule has 3 nitrogen and oxygen atoms in total. The lowest BCUT2D eigenvalue weighted by Crippen LogP contribution is -2.13. The van der Waals surface area contributed by atoms with Crippen molar-refractivity contribution in [3.8, 4) is 5.69 Å². The minimum Gasteiger partial charge on any atom is -0.304 e. The predicted octanol–water partition coefficient (Wildman–Crippen LogP) is 3.84. The van der Waals surface area contributed by atoms with E-state index >= 15 is 0 Å². The summed E-state index contributed by atoms with van der Waals surface area (Å²) < 4.78 is 29.2. The number of carbonyl (C=O) groups is 1. The third-order valence-corrected chi connectivity index (χ3v) is 3.77. The zero-order chi connectivity index (χ0) is 15.9. The first-order valence-electron chi connectivity index (χ1n) is 6.27. The second-order valence-electron chi connectivity index (χ2n) is 4.64. The Hall–Kier alpha value is -2.34. The lowest BCUT2D eigenvalue weighted by Gasteiger charge is -2.15. The van der Waals surface area contributed by atoms with Gasteiger partial charge in [-0.2, -0.15) is 0 Å². The summed E-state index contributed by atoms with van der Waals surface area (Å²) in [5.74, 6) is -1.55. The highest BCUT2D eigenvalue weighted by molar-refractivity contribution is 9.10. The van der Waals surface area contributed by atoms with E-state index in [0.29, 0.717) is 21.7 Å². The Morgan fingerprint density at radius 3 is 2.50 bits per heavy atom. The molecule has 0 bridgehead atoms. The van der Waals surface area contributed by atoms with Crippen LogP contribution in [0.2, 0.25) is 0 Å². The second-order valence-corrected chi connectivity index (χ2v) is 5.56. The van der Waals surface area contributed by atoms with E-state index in [1.165, 1.54) is 10.6 Å². The fraction of sp³-hybridized carbons (Fsp3) is 0. The number of pyridine rings is 1. The predicted molar refractivity (Wildman–Crippen MR) is 82.5 cm³/mol. The fourth-order valence-electron chi connectivity index (χ4n) is 2.33. The number of hydrogen-bond acceptors (Lipinski definition) is 2. The largest absolute Gasteiger partial charge is 0.304 e. The molecule has 0 radical (unpaired) electrons. The van der Waals surface area contributed by atoms with Crippen LogP contribution in [0, 0.1) is 11.6 Å². The van der Waals surface area contributed by atoms with Gasteiger partial charge in [0.15, 0.2) is 11.7 Å². The van der Waals surface area contributed by atoms with Crippen LogP contribution in [0.4, 0.5) is 8.78 Å². The molecule has 22 heavy (non-hydrogen) atoms. The van der Waals surface area contributed by atoms with Crippen molar-refractivity contribution in [3.63, 3.8) is 0 Å². The summed E-state index contributed by atoms with van der Waals surface area (Å²) in [6.45, 7) is 0. The van der Waals surface area contributed by atoms with Gasteiger partial charge < -0.3 is 4.57 Å². The summed E-state index contributed by atoms with van der Waals surface area (Å²) in [5.41, 5.74) is -0.00874. The molecule has 0 fully saturated rings. The number of aldehydes is 1. The molecule has 0 atom stereocenters. The molecular weight excluding hydrogens is 356 g/mol. The van der Waals surface area contributed by atoms with E-state index in [1.54, 1.807) is 18.2 Å². The Labute approximate surface area is 131 Å². The molecule has 0 spiro atoms. The molecule has 3 aromatic rings. The van der Waals surface area contributed by atoms with Crippen LogP contribution in [-0.4, -0.2) is 10.9 Å². The van der Waals surface area contributed by atoms with E-state index in [1.807, 2.05) is 0 Å². The molecule has 0 aliphatic heterocycles. The summed E-state index contributed by atoms with van der Waals surface area (Å²) in [5, 5.41) is 0.331. The van der Waals surface area contributed by atoms with Crippen LogP contribution in [0.25, 0.3) is 16.6 Å². The van der Waals surface area contributed by atoms with Crippen molar-refractivity contribution < 1.29 is 13.6 Å². The molecule has 0 aliphatic carbocycles. The smallest absolute Gasteiger partial charge is 0.190 e. The Balaban J connectivity index is 2.50. The minimum absolute atomic E-state index is 0.00778. The van der Waals surface area contributed by atoms with Gasteiger partial charge in [-0.25, -0.2) is 8.78 Å². The van der Waals surface area contributed by atoms with E-state index in [0.717, 1.165) is 18.2 Å². The van der Waals surface area contributed by atoms with E-state index in [-0.39, 0.29) is 16.8 Å². The molecule has 0 unspecified atom stereocenters. The highest BCUT2D eigenvalue weighted by Crippen LogP contribution is 2.24. The van der Waals surface area contributed by atoms with E-state index in [2.05, 4.69) is 15.9 Å². The molecule has 0 saturated carbocycles. The number of halogens is 3. The first-order chi connectivity index (χ1) is 10.5. The Morgan fingerprint density at radius 2 is 1.82 bits per heavy atom. The summed E-state index contributed by atoms with van der Waals surface area (Å²) in [4.78, 5) is 23.3. The van der Waals surface area contributed by atoms with E-state index in [4.69, 9.17) is 0 Å². The van der Waals surface area contributed by atoms with E-state index < -0.39 is 11.6 Å². The average molecular weight is 364 g/mol. The Morgan fingerprint density at radius 1 is 1.05 bits per heavy atom. The molecule has 2 aromatic carbocycles. The van der Waals surface area contributed by atoms with Gasteiger partial charge in [0.1, 0.15) is 11.6 Å². The SMILES string of the molecule is O=Cc1cc(=O)c2ccc(Br)cc2n1-c1ccc(F)cc1F. The maximum absolute atomic E-state index is 14.1. The lowest BCUT2D eigenvalue weighted by atomic mass is 10.1. The van der Waals surface area contributed by atoms with Crippen molar-refractivity contribution in [3.05, 3.63) is 74.5 Å². The third kappa shape index (κ3) is 2.35. The average Bonchev–Trinajstić information content (AvgIpc) is 2.48. The normalized spacial score (nSPS) is 10.9. The van der Waals surface area contributed by atoms with Crippen LogP contribution < -0.4 is 5.43 Å². The Kier molecular flexibility index (Phi) is 3.62. The number of rotatable bonds is 2. The zero-order valence-corrected chi connectivity index (χ0v) is 12.6. The van der Waals surface area contributed by atoms with Gasteiger partial charge in [-0.15, -0.1) is 0 Å². The molecule has 0 amide bonds. The number of carbonyl (C=O) groups excluding carboxylic acids is 1. The van der Waals surface area contributed by atoms with Gasteiger partial charge in [-0.3, -0.25) is 9.59 Å². The first kappa shape index (κ1) is 14.6. The van der Waals surface area contributed by atoms with Gasteiger partial charge in [0, 0.05) is 22.0 Å². The Bertz CT molecular complexity index is 966. The van der Waals surface area contributed by atoms with Gasteiger partial charge in [-0.1, -0.05) is 15.9 Å². The summed E-state index contributed by atoms with van der Waals surface area (Å²) in [6.07, 6.45) is 0.463. The van der Waals surface area contributed by atoms with Gasteiger partial charge >= 0.3 is 0 Å². The van der Waals surface area contributed by atoms with Crippen LogP contribution >= 0.6 is 15.9 Å². The highest BCUT2D eigenvalue weighted by atomic mass is 79.9. The van der Waals surface area contributed by atoms with Gasteiger partial charge in [0.05, 0.1) is 16.9 Å². The van der Waals surface area contributed by atoms with Crippen molar-refractivity contribution >= 4 is 33.1 Å². The van der Waals surface area contributed by atoms with Crippen LogP contribution in [-0.2, 0) is 0 Å². The molecule has 110 valence electrons. The van der Waals surface area contributed by atoms with Crippen molar-refractivity contribution in [2.75, 3.05) is 0 Å². The van der Waals surface area contributed by atoms with Gasteiger partial charge in [-0.05, 0) is 30.3 Å². The molecule has 0 saturated heterocycles. The summed E-state index contributed by atoms with van der Waals surface area (Å²) >= 11 is 3.28. The minimum atomic E-state index is -0.826. The van der Waals surface area contributed by atoms with Crippen LogP contribution in [0.15, 0.2) is 51.7 Å². The molecule has 3 rings (SSSR count). The topological polar surface area (TPSA) is 39.1 Å². The van der Waals surface area contributed by atoms with Gasteiger partial charge in [0.25, 0.3) is 0 Å². The molecule has 1 aromatic heterocycles. The fourth-order valence-corrected chi connectivity index (χ4v) is 2.68. The summed E-state index contributed by atoms with van der Waals surface area (Å²) in [6, 6.07) is 9.03. The van der Waals surface area contributed by atoms with E-state index in [9.17, 15) is 18.4 Å². The second kappa shape index (κ2) is 5.46. The maximum Gasteiger partial charge on any atom is 0.190 e.